The van der Waals surface area contributed by atoms with Gasteiger partial charge in [0.1, 0.15) is 0 Å². The van der Waals surface area contributed by atoms with Crippen LogP contribution in [0.4, 0.5) is 0 Å². The average Bonchev–Trinajstić information content (AvgIpc) is 2.36. The molecule has 0 aromatic heterocycles. The summed E-state index contributed by atoms with van der Waals surface area (Å²) in [6.45, 7) is 2.28. The summed E-state index contributed by atoms with van der Waals surface area (Å²) >= 11 is -4.96. The van der Waals surface area contributed by atoms with Crippen molar-refractivity contribution in [3.63, 3.8) is 0 Å². The van der Waals surface area contributed by atoms with Crippen LogP contribution in [-0.4, -0.2) is 31.3 Å². The number of ether oxygens (including phenoxy) is 1. The molecule has 19 heavy (non-hydrogen) atoms. The molecule has 0 aliphatic carbocycles. The Morgan fingerprint density at radius 2 is 1.89 bits per heavy atom. The van der Waals surface area contributed by atoms with Gasteiger partial charge in [-0.05, 0) is 0 Å². The Balaban J connectivity index is 3.13. The van der Waals surface area contributed by atoms with Gasteiger partial charge in [0.25, 0.3) is 0 Å². The quantitative estimate of drug-likeness (QED) is 0.251. The van der Waals surface area contributed by atoms with Crippen molar-refractivity contribution in [3.05, 3.63) is 24.3 Å². The standard InChI is InChI=1S/C10H12AsNO7/c1-7(13)12-18-11(15,19-16)9-5-3-4-6-10(9)17-8(2)14/h3-6,16H,1-2H3,(H,12,13). The van der Waals surface area contributed by atoms with E-state index in [0.717, 1.165) is 13.8 Å². The van der Waals surface area contributed by atoms with E-state index >= 15 is 0 Å². The van der Waals surface area contributed by atoms with E-state index in [1.807, 2.05) is 5.48 Å². The third kappa shape index (κ3) is 4.22. The Morgan fingerprint density at radius 1 is 1.26 bits per heavy atom. The van der Waals surface area contributed by atoms with Crippen LogP contribution in [0.5, 0.6) is 5.75 Å². The zero-order valence-electron chi connectivity index (χ0n) is 10.2. The van der Waals surface area contributed by atoms with Gasteiger partial charge in [-0.1, -0.05) is 0 Å². The zero-order chi connectivity index (χ0) is 14.5. The van der Waals surface area contributed by atoms with Crippen LogP contribution >= 0.6 is 0 Å². The molecule has 0 radical (unpaired) electrons. The number of esters is 1. The van der Waals surface area contributed by atoms with Crippen LogP contribution in [0.25, 0.3) is 0 Å². The molecular formula is C10H12AsNO7. The molecular weight excluding hydrogens is 321 g/mol. The first-order chi connectivity index (χ1) is 8.89. The van der Waals surface area contributed by atoms with Gasteiger partial charge in [-0.15, -0.1) is 0 Å². The third-order valence-electron chi connectivity index (χ3n) is 1.83. The van der Waals surface area contributed by atoms with Crippen LogP contribution in [0.2, 0.25) is 0 Å². The SMILES string of the molecule is CC(=O)NO[As](=O)(OO)c1ccccc1OC(C)=O. The number of hydroxylamine groups is 1. The molecule has 8 nitrogen and oxygen atoms in total. The van der Waals surface area contributed by atoms with Crippen LogP contribution in [-0.2, 0) is 21.0 Å². The van der Waals surface area contributed by atoms with Crippen molar-refractivity contribution in [2.24, 2.45) is 0 Å². The van der Waals surface area contributed by atoms with E-state index in [9.17, 15) is 13.3 Å². The van der Waals surface area contributed by atoms with E-state index in [1.165, 1.54) is 24.3 Å². The number of carbonyl (C=O) groups is 2. The summed E-state index contributed by atoms with van der Waals surface area (Å²) in [4.78, 5) is 21.7. The Hall–Kier alpha value is -1.60. The molecule has 0 saturated carbocycles. The molecule has 104 valence electrons. The monoisotopic (exact) mass is 333 g/mol. The summed E-state index contributed by atoms with van der Waals surface area (Å²) in [6.07, 6.45) is 0. The first-order valence-electron chi connectivity index (χ1n) is 5.05. The second kappa shape index (κ2) is 6.53. The zero-order valence-corrected chi connectivity index (χ0v) is 12.0. The van der Waals surface area contributed by atoms with E-state index in [4.69, 9.17) is 9.99 Å². The van der Waals surface area contributed by atoms with Crippen molar-refractivity contribution < 1.29 is 31.0 Å². The Kier molecular flexibility index (Phi) is 5.31. The Morgan fingerprint density at radius 3 is 2.42 bits per heavy atom. The predicted molar refractivity (Wildman–Crippen MR) is 62.4 cm³/mol. The molecule has 1 aromatic carbocycles. The van der Waals surface area contributed by atoms with Crippen molar-refractivity contribution in [3.8, 4) is 5.75 Å². The molecule has 0 heterocycles. The third-order valence-corrected chi connectivity index (χ3v) is 4.99. The fourth-order valence-corrected chi connectivity index (χ4v) is 3.52. The summed E-state index contributed by atoms with van der Waals surface area (Å²) in [7, 11) is 0. The summed E-state index contributed by atoms with van der Waals surface area (Å²) in [6, 6.07) is 5.64. The molecule has 0 spiro atoms. The molecule has 1 aromatic rings. The molecule has 0 fully saturated rings. The maximum absolute atomic E-state index is 12.3. The summed E-state index contributed by atoms with van der Waals surface area (Å²) in [5.41, 5.74) is 1.82. The van der Waals surface area contributed by atoms with Crippen molar-refractivity contribution >= 4 is 30.4 Å². The van der Waals surface area contributed by atoms with E-state index in [2.05, 4.69) is 7.70 Å². The molecule has 2 N–H and O–H groups in total. The van der Waals surface area contributed by atoms with Gasteiger partial charge in [-0.2, -0.15) is 0 Å². The fraction of sp³-hybridized carbons (Fsp3) is 0.200. The Bertz CT molecular complexity index is 530. The Labute approximate surface area is 111 Å². The molecule has 0 aliphatic heterocycles. The van der Waals surface area contributed by atoms with E-state index in [-0.39, 0.29) is 10.1 Å². The minimum absolute atomic E-state index is 0.0862. The van der Waals surface area contributed by atoms with E-state index < -0.39 is 26.0 Å². The predicted octanol–water partition coefficient (Wildman–Crippen LogP) is -0.254. The molecule has 0 aliphatic rings. The van der Waals surface area contributed by atoms with Gasteiger partial charge in [-0.3, -0.25) is 0 Å². The molecule has 1 unspecified atom stereocenters. The topological polar surface area (TPSA) is 111 Å². The number of para-hydroxylation sites is 1. The summed E-state index contributed by atoms with van der Waals surface area (Å²) in [5, 5.41) is 8.76. The molecule has 9 heteroatoms. The second-order valence-corrected chi connectivity index (χ2v) is 7.21. The van der Waals surface area contributed by atoms with Gasteiger partial charge in [0.2, 0.25) is 0 Å². The molecule has 1 amide bonds. The number of carbonyl (C=O) groups excluding carboxylic acids is 2. The van der Waals surface area contributed by atoms with Crippen molar-refractivity contribution in [1.82, 2.24) is 5.48 Å². The van der Waals surface area contributed by atoms with Crippen LogP contribution in [0.3, 0.4) is 0 Å². The number of nitrogens with one attached hydrogen (secondary N) is 1. The molecule has 0 saturated heterocycles. The molecule has 1 rings (SSSR count). The fourth-order valence-electron chi connectivity index (χ4n) is 1.16. The van der Waals surface area contributed by atoms with E-state index in [1.54, 1.807) is 0 Å². The van der Waals surface area contributed by atoms with Crippen molar-refractivity contribution in [2.75, 3.05) is 0 Å². The number of hydrogen-bond acceptors (Lipinski definition) is 7. The second-order valence-electron chi connectivity index (χ2n) is 3.39. The number of benzene rings is 1. The van der Waals surface area contributed by atoms with Crippen LogP contribution in [0.1, 0.15) is 13.8 Å². The van der Waals surface area contributed by atoms with Gasteiger partial charge < -0.3 is 0 Å². The first kappa shape index (κ1) is 15.5. The summed E-state index contributed by atoms with van der Waals surface area (Å²) in [5.74, 6) is -1.37. The summed E-state index contributed by atoms with van der Waals surface area (Å²) < 4.78 is 25.4. The van der Waals surface area contributed by atoms with Crippen LogP contribution < -0.4 is 14.6 Å². The van der Waals surface area contributed by atoms with Crippen LogP contribution in [0, 0.1) is 0 Å². The van der Waals surface area contributed by atoms with Gasteiger partial charge in [0, 0.05) is 0 Å². The van der Waals surface area contributed by atoms with E-state index in [0.29, 0.717) is 0 Å². The van der Waals surface area contributed by atoms with Crippen LogP contribution in [0.15, 0.2) is 24.3 Å². The number of rotatable bonds is 5. The molecule has 1 atom stereocenters. The first-order valence-corrected chi connectivity index (χ1v) is 8.29. The number of amides is 1. The van der Waals surface area contributed by atoms with Gasteiger partial charge in [0.05, 0.1) is 0 Å². The average molecular weight is 333 g/mol. The normalized spacial score (nSPS) is 13.4. The number of hydrogen-bond donors (Lipinski definition) is 2. The van der Waals surface area contributed by atoms with Crippen molar-refractivity contribution in [2.45, 2.75) is 13.8 Å². The van der Waals surface area contributed by atoms with Gasteiger partial charge >= 0.3 is 111 Å². The maximum atomic E-state index is 12.3. The molecule has 0 bridgehead atoms. The van der Waals surface area contributed by atoms with Gasteiger partial charge in [0.15, 0.2) is 0 Å². The van der Waals surface area contributed by atoms with Gasteiger partial charge in [-0.25, -0.2) is 0 Å². The van der Waals surface area contributed by atoms with Crippen molar-refractivity contribution in [1.29, 1.82) is 0 Å². The minimum atomic E-state index is -4.96.